The second-order valence-corrected chi connectivity index (χ2v) is 4.69. The summed E-state index contributed by atoms with van der Waals surface area (Å²) in [4.78, 5) is 24.1. The van der Waals surface area contributed by atoms with Crippen LogP contribution in [0.25, 0.3) is 0 Å². The number of carbonyl (C=O) groups excluding carboxylic acids is 2. The highest BCUT2D eigenvalue weighted by Gasteiger charge is 2.37. The average Bonchev–Trinajstić information content (AvgIpc) is 2.28. The number of hydrogen-bond donors (Lipinski definition) is 3. The Kier molecular flexibility index (Phi) is 5.00. The SMILES string of the molecule is COC1(C(N)=S)CCN(CC(=O)NC(N)=O)CC1. The summed E-state index contributed by atoms with van der Waals surface area (Å²) in [7, 11) is 1.58. The van der Waals surface area contributed by atoms with Crippen molar-refractivity contribution in [2.45, 2.75) is 18.4 Å². The number of likely N-dealkylation sites (tertiary alicyclic amines) is 1. The number of hydrogen-bond acceptors (Lipinski definition) is 5. The van der Waals surface area contributed by atoms with Gasteiger partial charge in [0.2, 0.25) is 5.91 Å². The molecule has 0 spiro atoms. The molecule has 0 aliphatic carbocycles. The van der Waals surface area contributed by atoms with Crippen molar-refractivity contribution in [2.75, 3.05) is 26.7 Å². The third-order valence-electron chi connectivity index (χ3n) is 3.13. The fourth-order valence-electron chi connectivity index (χ4n) is 2.00. The van der Waals surface area contributed by atoms with Gasteiger partial charge in [0.1, 0.15) is 10.6 Å². The first-order valence-electron chi connectivity index (χ1n) is 5.56. The Morgan fingerprint density at radius 3 is 2.33 bits per heavy atom. The van der Waals surface area contributed by atoms with Gasteiger partial charge < -0.3 is 16.2 Å². The molecule has 18 heavy (non-hydrogen) atoms. The Bertz CT molecular complexity index is 353. The number of urea groups is 1. The van der Waals surface area contributed by atoms with E-state index in [9.17, 15) is 9.59 Å². The molecule has 0 aromatic rings. The first kappa shape index (κ1) is 14.8. The zero-order chi connectivity index (χ0) is 13.8. The van der Waals surface area contributed by atoms with E-state index in [1.165, 1.54) is 0 Å². The molecule has 3 amide bonds. The number of nitrogens with one attached hydrogen (secondary N) is 1. The minimum atomic E-state index is -0.841. The third kappa shape index (κ3) is 3.62. The van der Waals surface area contributed by atoms with Gasteiger partial charge in [-0.15, -0.1) is 0 Å². The summed E-state index contributed by atoms with van der Waals surface area (Å²) in [6.07, 6.45) is 1.26. The zero-order valence-electron chi connectivity index (χ0n) is 10.3. The predicted molar refractivity (Wildman–Crippen MR) is 69.9 cm³/mol. The molecule has 102 valence electrons. The number of primary amides is 1. The van der Waals surface area contributed by atoms with Crippen LogP contribution in [-0.2, 0) is 9.53 Å². The van der Waals surface area contributed by atoms with Crippen LogP contribution < -0.4 is 16.8 Å². The molecule has 7 nitrogen and oxygen atoms in total. The van der Waals surface area contributed by atoms with Gasteiger partial charge in [0.25, 0.3) is 0 Å². The summed E-state index contributed by atoms with van der Waals surface area (Å²) in [6, 6.07) is -0.841. The maximum atomic E-state index is 11.4. The van der Waals surface area contributed by atoms with Gasteiger partial charge in [-0.2, -0.15) is 0 Å². The number of nitrogens with zero attached hydrogens (tertiary/aromatic N) is 1. The first-order valence-corrected chi connectivity index (χ1v) is 5.97. The minimum Gasteiger partial charge on any atom is -0.391 e. The van der Waals surface area contributed by atoms with Crippen LogP contribution in [0.4, 0.5) is 4.79 Å². The lowest BCUT2D eigenvalue weighted by molar-refractivity contribution is -0.122. The Morgan fingerprint density at radius 2 is 1.94 bits per heavy atom. The topological polar surface area (TPSA) is 111 Å². The Morgan fingerprint density at radius 1 is 1.39 bits per heavy atom. The molecule has 0 atom stereocenters. The molecular formula is C10H18N4O3S. The van der Waals surface area contributed by atoms with Gasteiger partial charge in [-0.1, -0.05) is 12.2 Å². The molecule has 1 aliphatic heterocycles. The standard InChI is InChI=1S/C10H18N4O3S/c1-17-10(8(11)18)2-4-14(5-3-10)6-7(15)13-9(12)16/h2-6H2,1H3,(H2,11,18)(H3,12,13,15,16). The van der Waals surface area contributed by atoms with Crippen LogP contribution in [0.3, 0.4) is 0 Å². The number of carbonyl (C=O) groups is 2. The van der Waals surface area contributed by atoms with Gasteiger partial charge >= 0.3 is 6.03 Å². The highest BCUT2D eigenvalue weighted by Crippen LogP contribution is 2.25. The number of thiocarbonyl (C=S) groups is 1. The number of ether oxygens (including phenoxy) is 1. The number of nitrogens with two attached hydrogens (primary N) is 2. The van der Waals surface area contributed by atoms with E-state index in [0.717, 1.165) is 0 Å². The van der Waals surface area contributed by atoms with E-state index in [4.69, 9.17) is 28.4 Å². The van der Waals surface area contributed by atoms with E-state index >= 15 is 0 Å². The fraction of sp³-hybridized carbons (Fsp3) is 0.700. The smallest absolute Gasteiger partial charge is 0.318 e. The van der Waals surface area contributed by atoms with Crippen LogP contribution in [0.5, 0.6) is 0 Å². The summed E-state index contributed by atoms with van der Waals surface area (Å²) in [5, 5.41) is 2.02. The zero-order valence-corrected chi connectivity index (χ0v) is 11.1. The molecule has 1 aliphatic rings. The summed E-state index contributed by atoms with van der Waals surface area (Å²) < 4.78 is 5.39. The van der Waals surface area contributed by atoms with Crippen molar-refractivity contribution in [2.24, 2.45) is 11.5 Å². The number of amides is 3. The fourth-order valence-corrected chi connectivity index (χ4v) is 2.29. The third-order valence-corrected chi connectivity index (χ3v) is 3.51. The van der Waals surface area contributed by atoms with Gasteiger partial charge in [-0.25, -0.2) is 4.79 Å². The van der Waals surface area contributed by atoms with Crippen LogP contribution in [-0.4, -0.2) is 54.2 Å². The number of methoxy groups -OCH3 is 1. The molecule has 8 heteroatoms. The van der Waals surface area contributed by atoms with Crippen molar-refractivity contribution in [3.8, 4) is 0 Å². The Hall–Kier alpha value is -1.25. The van der Waals surface area contributed by atoms with Crippen LogP contribution in [0.2, 0.25) is 0 Å². The second-order valence-electron chi connectivity index (χ2n) is 4.25. The van der Waals surface area contributed by atoms with Crippen LogP contribution in [0, 0.1) is 0 Å². The Balaban J connectivity index is 2.46. The van der Waals surface area contributed by atoms with Crippen LogP contribution in [0.15, 0.2) is 0 Å². The quantitative estimate of drug-likeness (QED) is 0.564. The molecule has 5 N–H and O–H groups in total. The molecule has 0 aromatic carbocycles. The van der Waals surface area contributed by atoms with Gasteiger partial charge in [0.05, 0.1) is 6.54 Å². The van der Waals surface area contributed by atoms with Gasteiger partial charge in [-0.3, -0.25) is 15.0 Å². The van der Waals surface area contributed by atoms with Crippen molar-refractivity contribution in [1.29, 1.82) is 0 Å². The number of piperidine rings is 1. The van der Waals surface area contributed by atoms with E-state index in [2.05, 4.69) is 0 Å². The number of imide groups is 1. The molecule has 0 radical (unpaired) electrons. The molecule has 1 rings (SSSR count). The van der Waals surface area contributed by atoms with E-state index in [1.807, 2.05) is 10.2 Å². The molecule has 1 saturated heterocycles. The molecular weight excluding hydrogens is 256 g/mol. The minimum absolute atomic E-state index is 0.125. The highest BCUT2D eigenvalue weighted by molar-refractivity contribution is 7.80. The highest BCUT2D eigenvalue weighted by atomic mass is 32.1. The lowest BCUT2D eigenvalue weighted by Crippen LogP contribution is -2.54. The molecule has 0 unspecified atom stereocenters. The molecule has 1 heterocycles. The van der Waals surface area contributed by atoms with Crippen molar-refractivity contribution < 1.29 is 14.3 Å². The summed E-state index contributed by atoms with van der Waals surface area (Å²) in [5.74, 6) is -0.414. The van der Waals surface area contributed by atoms with E-state index < -0.39 is 17.5 Å². The average molecular weight is 274 g/mol. The van der Waals surface area contributed by atoms with E-state index in [0.29, 0.717) is 30.9 Å². The largest absolute Gasteiger partial charge is 0.391 e. The van der Waals surface area contributed by atoms with E-state index in [-0.39, 0.29) is 6.54 Å². The van der Waals surface area contributed by atoms with Crippen LogP contribution >= 0.6 is 12.2 Å². The van der Waals surface area contributed by atoms with Gasteiger partial charge in [-0.05, 0) is 12.8 Å². The predicted octanol–water partition coefficient (Wildman–Crippen LogP) is -1.05. The van der Waals surface area contributed by atoms with Crippen LogP contribution in [0.1, 0.15) is 12.8 Å². The van der Waals surface area contributed by atoms with Crippen molar-refractivity contribution in [3.05, 3.63) is 0 Å². The molecule has 0 aromatic heterocycles. The number of rotatable bonds is 4. The van der Waals surface area contributed by atoms with Crippen molar-refractivity contribution >= 4 is 29.1 Å². The second kappa shape index (κ2) is 6.07. The summed E-state index contributed by atoms with van der Waals surface area (Å²) >= 11 is 5.00. The monoisotopic (exact) mass is 274 g/mol. The lowest BCUT2D eigenvalue weighted by Gasteiger charge is -2.39. The van der Waals surface area contributed by atoms with Crippen molar-refractivity contribution in [1.82, 2.24) is 10.2 Å². The normalized spacial score (nSPS) is 19.2. The van der Waals surface area contributed by atoms with Gasteiger partial charge in [0.15, 0.2) is 0 Å². The maximum Gasteiger partial charge on any atom is 0.318 e. The first-order chi connectivity index (χ1) is 8.39. The summed E-state index contributed by atoms with van der Waals surface area (Å²) in [6.45, 7) is 1.37. The lowest BCUT2D eigenvalue weighted by atomic mass is 9.91. The van der Waals surface area contributed by atoms with E-state index in [1.54, 1.807) is 7.11 Å². The maximum absolute atomic E-state index is 11.4. The van der Waals surface area contributed by atoms with Crippen molar-refractivity contribution in [3.63, 3.8) is 0 Å². The molecule has 1 fully saturated rings. The van der Waals surface area contributed by atoms with Gasteiger partial charge in [0, 0.05) is 20.2 Å². The Labute approximate surface area is 111 Å². The molecule has 0 saturated carbocycles. The molecule has 0 bridgehead atoms. The summed E-state index contributed by atoms with van der Waals surface area (Å²) in [5.41, 5.74) is 9.96.